The fourth-order valence-corrected chi connectivity index (χ4v) is 3.48. The van der Waals surface area contributed by atoms with Crippen molar-refractivity contribution in [2.75, 3.05) is 25.6 Å². The molecule has 0 radical (unpaired) electrons. The van der Waals surface area contributed by atoms with E-state index in [2.05, 4.69) is 25.6 Å². The fourth-order valence-electron chi connectivity index (χ4n) is 3.48. The third kappa shape index (κ3) is 5.55. The molecule has 0 unspecified atom stereocenters. The number of hydrogen-bond donors (Lipinski definition) is 2. The van der Waals surface area contributed by atoms with E-state index in [0.29, 0.717) is 42.7 Å². The molecule has 1 fully saturated rings. The number of nitrogens with zero attached hydrogens (tertiary/aromatic N) is 3. The Balaban J connectivity index is 1.39. The van der Waals surface area contributed by atoms with Gasteiger partial charge >= 0.3 is 0 Å². The topological polar surface area (TPSA) is 98.3 Å². The minimum Gasteiger partial charge on any atom is -0.496 e. The molecule has 166 valence electrons. The number of ether oxygens (including phenoxy) is 2. The number of amides is 1. The molecule has 0 bridgehead atoms. The lowest BCUT2D eigenvalue weighted by molar-refractivity contribution is -0.121. The lowest BCUT2D eigenvalue weighted by atomic mass is 10.1. The van der Waals surface area contributed by atoms with E-state index >= 15 is 0 Å². The van der Waals surface area contributed by atoms with Gasteiger partial charge in [0.25, 0.3) is 0 Å². The Kier molecular flexibility index (Phi) is 6.86. The van der Waals surface area contributed by atoms with Gasteiger partial charge in [-0.3, -0.25) is 4.79 Å². The summed E-state index contributed by atoms with van der Waals surface area (Å²) in [5, 5.41) is 6.18. The van der Waals surface area contributed by atoms with Crippen LogP contribution in [0.2, 0.25) is 0 Å². The van der Waals surface area contributed by atoms with E-state index in [1.807, 2.05) is 24.3 Å². The van der Waals surface area contributed by atoms with Crippen molar-refractivity contribution in [2.45, 2.75) is 25.3 Å². The van der Waals surface area contributed by atoms with Gasteiger partial charge in [0.2, 0.25) is 11.9 Å². The van der Waals surface area contributed by atoms with E-state index in [4.69, 9.17) is 9.47 Å². The maximum absolute atomic E-state index is 13.5. The van der Waals surface area contributed by atoms with Gasteiger partial charge < -0.3 is 20.1 Å². The summed E-state index contributed by atoms with van der Waals surface area (Å²) in [6.07, 6.45) is 3.40. The van der Waals surface area contributed by atoms with Gasteiger partial charge in [0.05, 0.1) is 19.1 Å². The standard InChI is InChI=1S/C23H24FN5O3/c1-31-20-13-16(24)4-7-19(20)22-25-14-26-23(29-22)28-17-5-2-15(3-6-17)12-21(30)27-18-8-10-32-11-9-18/h2-7,13-14,18H,8-12H2,1H3,(H,27,30)(H,25,26,28,29). The maximum Gasteiger partial charge on any atom is 0.230 e. The molecule has 0 aliphatic carbocycles. The minimum absolute atomic E-state index is 0.00737. The van der Waals surface area contributed by atoms with E-state index in [0.717, 1.165) is 24.1 Å². The van der Waals surface area contributed by atoms with Crippen LogP contribution in [-0.2, 0) is 16.0 Å². The first-order valence-electron chi connectivity index (χ1n) is 10.4. The van der Waals surface area contributed by atoms with E-state index in [9.17, 15) is 9.18 Å². The predicted molar refractivity (Wildman–Crippen MR) is 117 cm³/mol. The van der Waals surface area contributed by atoms with Gasteiger partial charge in [-0.25, -0.2) is 14.4 Å². The summed E-state index contributed by atoms with van der Waals surface area (Å²) in [5.41, 5.74) is 2.24. The second kappa shape index (κ2) is 10.1. The summed E-state index contributed by atoms with van der Waals surface area (Å²) in [6, 6.07) is 11.9. The van der Waals surface area contributed by atoms with Crippen molar-refractivity contribution in [3.63, 3.8) is 0 Å². The third-order valence-electron chi connectivity index (χ3n) is 5.14. The van der Waals surface area contributed by atoms with Crippen molar-refractivity contribution in [3.05, 3.63) is 60.2 Å². The molecule has 1 aliphatic heterocycles. The quantitative estimate of drug-likeness (QED) is 0.585. The largest absolute Gasteiger partial charge is 0.496 e. The minimum atomic E-state index is -0.403. The first-order valence-corrected chi connectivity index (χ1v) is 10.4. The lowest BCUT2D eigenvalue weighted by Crippen LogP contribution is -2.39. The number of anilines is 2. The van der Waals surface area contributed by atoms with E-state index < -0.39 is 5.82 Å². The SMILES string of the molecule is COc1cc(F)ccc1-c1ncnc(Nc2ccc(CC(=O)NC3CCOCC3)cc2)n1. The average molecular weight is 437 g/mol. The Morgan fingerprint density at radius 1 is 1.16 bits per heavy atom. The summed E-state index contributed by atoms with van der Waals surface area (Å²) in [5.74, 6) is 0.644. The van der Waals surface area contributed by atoms with Crippen LogP contribution in [0, 0.1) is 5.82 Å². The van der Waals surface area contributed by atoms with Crippen LogP contribution in [0.15, 0.2) is 48.8 Å². The number of aromatic nitrogens is 3. The number of carbonyl (C=O) groups excluding carboxylic acids is 1. The molecule has 1 aliphatic rings. The average Bonchev–Trinajstić information content (AvgIpc) is 2.81. The third-order valence-corrected chi connectivity index (χ3v) is 5.14. The van der Waals surface area contributed by atoms with Crippen LogP contribution < -0.4 is 15.4 Å². The Morgan fingerprint density at radius 3 is 2.69 bits per heavy atom. The van der Waals surface area contributed by atoms with Gasteiger partial charge in [0.15, 0.2) is 5.82 Å². The molecule has 1 aromatic heterocycles. The van der Waals surface area contributed by atoms with E-state index in [-0.39, 0.29) is 11.9 Å². The van der Waals surface area contributed by atoms with Crippen LogP contribution >= 0.6 is 0 Å². The molecular weight excluding hydrogens is 413 g/mol. The number of benzene rings is 2. The number of nitrogens with one attached hydrogen (secondary N) is 2. The number of carbonyl (C=O) groups is 1. The molecule has 4 rings (SSSR count). The fraction of sp³-hybridized carbons (Fsp3) is 0.304. The molecule has 2 aromatic carbocycles. The molecule has 2 heterocycles. The number of halogens is 1. The van der Waals surface area contributed by atoms with Crippen molar-refractivity contribution in [3.8, 4) is 17.1 Å². The molecule has 0 saturated carbocycles. The number of methoxy groups -OCH3 is 1. The zero-order valence-corrected chi connectivity index (χ0v) is 17.7. The van der Waals surface area contributed by atoms with Gasteiger partial charge in [-0.05, 0) is 42.7 Å². The summed E-state index contributed by atoms with van der Waals surface area (Å²) in [4.78, 5) is 25.0. The summed E-state index contributed by atoms with van der Waals surface area (Å²) >= 11 is 0. The second-order valence-corrected chi connectivity index (χ2v) is 7.43. The molecule has 0 spiro atoms. The molecule has 1 amide bonds. The van der Waals surface area contributed by atoms with E-state index in [1.54, 1.807) is 6.07 Å². The van der Waals surface area contributed by atoms with Gasteiger partial charge in [-0.15, -0.1) is 0 Å². The van der Waals surface area contributed by atoms with Crippen molar-refractivity contribution in [2.24, 2.45) is 0 Å². The summed E-state index contributed by atoms with van der Waals surface area (Å²) in [6.45, 7) is 1.39. The number of hydrogen-bond acceptors (Lipinski definition) is 7. The zero-order chi connectivity index (χ0) is 22.3. The highest BCUT2D eigenvalue weighted by Gasteiger charge is 2.16. The van der Waals surface area contributed by atoms with E-state index in [1.165, 1.54) is 25.6 Å². The highest BCUT2D eigenvalue weighted by atomic mass is 19.1. The first-order chi connectivity index (χ1) is 15.6. The van der Waals surface area contributed by atoms with Crippen LogP contribution in [0.1, 0.15) is 18.4 Å². The normalized spacial score (nSPS) is 14.1. The first kappa shape index (κ1) is 21.6. The second-order valence-electron chi connectivity index (χ2n) is 7.43. The highest BCUT2D eigenvalue weighted by molar-refractivity contribution is 5.79. The van der Waals surface area contributed by atoms with Gasteiger partial charge in [-0.1, -0.05) is 12.1 Å². The van der Waals surface area contributed by atoms with Crippen molar-refractivity contribution >= 4 is 17.5 Å². The molecule has 8 nitrogen and oxygen atoms in total. The monoisotopic (exact) mass is 437 g/mol. The number of rotatable bonds is 7. The molecule has 32 heavy (non-hydrogen) atoms. The lowest BCUT2D eigenvalue weighted by Gasteiger charge is -2.23. The van der Waals surface area contributed by atoms with Crippen molar-refractivity contribution < 1.29 is 18.7 Å². The highest BCUT2D eigenvalue weighted by Crippen LogP contribution is 2.28. The van der Waals surface area contributed by atoms with Crippen LogP contribution in [-0.4, -0.2) is 47.2 Å². The zero-order valence-electron chi connectivity index (χ0n) is 17.7. The summed E-state index contributed by atoms with van der Waals surface area (Å²) < 4.78 is 24.0. The molecule has 0 atom stereocenters. The molecule has 2 N–H and O–H groups in total. The Morgan fingerprint density at radius 2 is 1.94 bits per heavy atom. The molecule has 1 saturated heterocycles. The van der Waals surface area contributed by atoms with Crippen LogP contribution in [0.5, 0.6) is 5.75 Å². The van der Waals surface area contributed by atoms with Crippen molar-refractivity contribution in [1.82, 2.24) is 20.3 Å². The van der Waals surface area contributed by atoms with Crippen LogP contribution in [0.4, 0.5) is 16.0 Å². The summed E-state index contributed by atoms with van der Waals surface area (Å²) in [7, 11) is 1.46. The predicted octanol–water partition coefficient (Wildman–Crippen LogP) is 3.27. The molecular formula is C23H24FN5O3. The van der Waals surface area contributed by atoms with Crippen molar-refractivity contribution in [1.29, 1.82) is 0 Å². The Bertz CT molecular complexity index is 1070. The Labute approximate surface area is 185 Å². The van der Waals surface area contributed by atoms with Gasteiger partial charge in [-0.2, -0.15) is 4.98 Å². The smallest absolute Gasteiger partial charge is 0.230 e. The van der Waals surface area contributed by atoms with Crippen LogP contribution in [0.25, 0.3) is 11.4 Å². The van der Waals surface area contributed by atoms with Gasteiger partial charge in [0.1, 0.15) is 17.9 Å². The Hall–Kier alpha value is -3.59. The van der Waals surface area contributed by atoms with Crippen LogP contribution in [0.3, 0.4) is 0 Å². The molecule has 3 aromatic rings. The molecule has 9 heteroatoms. The maximum atomic E-state index is 13.5. The van der Waals surface area contributed by atoms with Gasteiger partial charge in [0, 0.05) is 31.0 Å².